The van der Waals surface area contributed by atoms with E-state index in [4.69, 9.17) is 0 Å². The molecular formula is C20H34. The van der Waals surface area contributed by atoms with Crippen LogP contribution < -0.4 is 0 Å². The Labute approximate surface area is 127 Å². The van der Waals surface area contributed by atoms with Gasteiger partial charge in [0.05, 0.1) is 0 Å². The maximum atomic E-state index is 3.70. The quantitative estimate of drug-likeness (QED) is 0.233. The van der Waals surface area contributed by atoms with E-state index in [9.17, 15) is 0 Å². The summed E-state index contributed by atoms with van der Waals surface area (Å²) in [6, 6.07) is 0. The first kappa shape index (κ1) is 19.0. The first-order valence-electron chi connectivity index (χ1n) is 8.47. The van der Waals surface area contributed by atoms with Gasteiger partial charge in [0, 0.05) is 0 Å². The molecule has 0 aliphatic heterocycles. The predicted octanol–water partition coefficient (Wildman–Crippen LogP) is 7.15. The number of hydrogen-bond acceptors (Lipinski definition) is 0. The van der Waals surface area contributed by atoms with Crippen molar-refractivity contribution in [3.05, 3.63) is 49.1 Å². The molecule has 0 aromatic heterocycles. The Morgan fingerprint density at radius 2 is 1.15 bits per heavy atom. The Balaban J connectivity index is 3.24. The molecular weight excluding hydrogens is 240 g/mol. The molecule has 0 saturated heterocycles. The number of allylic oxidation sites excluding steroid dienone is 7. The highest BCUT2D eigenvalue weighted by molar-refractivity contribution is 4.95. The zero-order valence-corrected chi connectivity index (χ0v) is 13.5. The Morgan fingerprint density at radius 3 is 1.80 bits per heavy atom. The van der Waals surface area contributed by atoms with E-state index in [1.54, 1.807) is 0 Å². The normalized spacial score (nSPS) is 12.1. The summed E-state index contributed by atoms with van der Waals surface area (Å²) in [6.45, 7) is 5.97. The molecule has 114 valence electrons. The van der Waals surface area contributed by atoms with Crippen molar-refractivity contribution < 1.29 is 0 Å². The minimum Gasteiger partial charge on any atom is -0.103 e. The van der Waals surface area contributed by atoms with E-state index in [1.165, 1.54) is 44.9 Å². The fourth-order valence-corrected chi connectivity index (χ4v) is 2.05. The van der Waals surface area contributed by atoms with Crippen molar-refractivity contribution in [2.24, 2.45) is 0 Å². The van der Waals surface area contributed by atoms with Crippen LogP contribution in [0.25, 0.3) is 0 Å². The lowest BCUT2D eigenvalue weighted by Crippen LogP contribution is -1.77. The molecule has 0 bridgehead atoms. The highest BCUT2D eigenvalue weighted by atomic mass is 13.9. The van der Waals surface area contributed by atoms with E-state index >= 15 is 0 Å². The second-order valence-corrected chi connectivity index (χ2v) is 5.31. The molecule has 0 amide bonds. The third kappa shape index (κ3) is 17.0. The van der Waals surface area contributed by atoms with Crippen molar-refractivity contribution in [3.63, 3.8) is 0 Å². The van der Waals surface area contributed by atoms with Crippen LogP contribution in [-0.2, 0) is 0 Å². The van der Waals surface area contributed by atoms with Crippen molar-refractivity contribution in [1.82, 2.24) is 0 Å². The molecule has 0 fully saturated rings. The molecule has 0 rings (SSSR count). The van der Waals surface area contributed by atoms with Gasteiger partial charge in [0.25, 0.3) is 0 Å². The van der Waals surface area contributed by atoms with Gasteiger partial charge in [-0.05, 0) is 38.5 Å². The summed E-state index contributed by atoms with van der Waals surface area (Å²) in [6.07, 6.45) is 29.5. The maximum absolute atomic E-state index is 3.70. The molecule has 0 aliphatic carbocycles. The van der Waals surface area contributed by atoms with Crippen molar-refractivity contribution in [1.29, 1.82) is 0 Å². The van der Waals surface area contributed by atoms with E-state index in [0.717, 1.165) is 25.7 Å². The third-order valence-electron chi connectivity index (χ3n) is 3.30. The van der Waals surface area contributed by atoms with Gasteiger partial charge >= 0.3 is 0 Å². The van der Waals surface area contributed by atoms with Gasteiger partial charge in [0.1, 0.15) is 0 Å². The first-order chi connectivity index (χ1) is 9.91. The van der Waals surface area contributed by atoms with Crippen LogP contribution in [0.4, 0.5) is 0 Å². The molecule has 0 saturated carbocycles. The highest BCUT2D eigenvalue weighted by Gasteiger charge is 1.87. The summed E-state index contributed by atoms with van der Waals surface area (Å²) < 4.78 is 0. The molecule has 0 aromatic rings. The van der Waals surface area contributed by atoms with Gasteiger partial charge in [-0.3, -0.25) is 0 Å². The molecule has 0 N–H and O–H groups in total. The largest absolute Gasteiger partial charge is 0.103 e. The van der Waals surface area contributed by atoms with E-state index < -0.39 is 0 Å². The van der Waals surface area contributed by atoms with Gasteiger partial charge in [0.15, 0.2) is 0 Å². The van der Waals surface area contributed by atoms with Crippen LogP contribution in [0.5, 0.6) is 0 Å². The summed E-state index contributed by atoms with van der Waals surface area (Å²) in [5, 5.41) is 0. The van der Waals surface area contributed by atoms with Crippen LogP contribution in [0.15, 0.2) is 49.1 Å². The molecule has 0 radical (unpaired) electrons. The summed E-state index contributed by atoms with van der Waals surface area (Å²) in [5.41, 5.74) is 0. The zero-order chi connectivity index (χ0) is 14.7. The van der Waals surface area contributed by atoms with Crippen LogP contribution in [-0.4, -0.2) is 0 Å². The van der Waals surface area contributed by atoms with Crippen LogP contribution in [0.1, 0.15) is 77.6 Å². The second kappa shape index (κ2) is 18.0. The monoisotopic (exact) mass is 274 g/mol. The van der Waals surface area contributed by atoms with Crippen LogP contribution in [0.2, 0.25) is 0 Å². The lowest BCUT2D eigenvalue weighted by molar-refractivity contribution is 0.611. The second-order valence-electron chi connectivity index (χ2n) is 5.31. The lowest BCUT2D eigenvalue weighted by atomic mass is 10.1. The number of rotatable bonds is 14. The molecule has 0 spiro atoms. The third-order valence-corrected chi connectivity index (χ3v) is 3.30. The minimum absolute atomic E-state index is 0.991. The number of hydrogen-bond donors (Lipinski definition) is 0. The number of unbranched alkanes of at least 4 members (excludes halogenated alkanes) is 7. The fourth-order valence-electron chi connectivity index (χ4n) is 2.05. The summed E-state index contributed by atoms with van der Waals surface area (Å²) in [7, 11) is 0. The van der Waals surface area contributed by atoms with Gasteiger partial charge in [-0.1, -0.05) is 81.6 Å². The zero-order valence-electron chi connectivity index (χ0n) is 13.5. The average Bonchev–Trinajstić information content (AvgIpc) is 2.47. The smallest absolute Gasteiger partial charge is 0.0169 e. The molecule has 0 aromatic carbocycles. The van der Waals surface area contributed by atoms with Crippen molar-refractivity contribution in [3.8, 4) is 0 Å². The van der Waals surface area contributed by atoms with E-state index in [0.29, 0.717) is 0 Å². The Bertz CT molecular complexity index is 268. The maximum Gasteiger partial charge on any atom is -0.0169 e. The minimum atomic E-state index is 0.991. The highest BCUT2D eigenvalue weighted by Crippen LogP contribution is 2.07. The predicted molar refractivity (Wildman–Crippen MR) is 94.1 cm³/mol. The molecule has 0 atom stereocenters. The summed E-state index contributed by atoms with van der Waals surface area (Å²) in [4.78, 5) is 0. The Hall–Kier alpha value is -1.04. The summed E-state index contributed by atoms with van der Waals surface area (Å²) in [5.74, 6) is 0. The fraction of sp³-hybridized carbons (Fsp3) is 0.600. The molecule has 0 aliphatic rings. The topological polar surface area (TPSA) is 0 Å². The van der Waals surface area contributed by atoms with Crippen LogP contribution >= 0.6 is 0 Å². The van der Waals surface area contributed by atoms with Gasteiger partial charge in [0.2, 0.25) is 0 Å². The first-order valence-corrected chi connectivity index (χ1v) is 8.47. The SMILES string of the molecule is C=CCC=CCCC=CCC=CCCCCCCCC. The van der Waals surface area contributed by atoms with Crippen molar-refractivity contribution >= 4 is 0 Å². The van der Waals surface area contributed by atoms with Gasteiger partial charge in [-0.25, -0.2) is 0 Å². The molecule has 0 nitrogen and oxygen atoms in total. The molecule has 0 heteroatoms. The standard InChI is InChI=1S/C20H34/c1-3-5-7-9-11-13-15-17-19-20-18-16-14-12-10-8-6-4-2/h3,7,9,15,17-18,20H,1,4-6,8,10-14,16,19H2,2H3. The molecule has 0 unspecified atom stereocenters. The van der Waals surface area contributed by atoms with Crippen molar-refractivity contribution in [2.75, 3.05) is 0 Å². The van der Waals surface area contributed by atoms with Crippen LogP contribution in [0.3, 0.4) is 0 Å². The lowest BCUT2D eigenvalue weighted by Gasteiger charge is -1.97. The average molecular weight is 274 g/mol. The Morgan fingerprint density at radius 1 is 0.600 bits per heavy atom. The van der Waals surface area contributed by atoms with Crippen LogP contribution in [0, 0.1) is 0 Å². The van der Waals surface area contributed by atoms with E-state index in [2.05, 4.69) is 50.0 Å². The Kier molecular flexibility index (Phi) is 17.0. The summed E-state index contributed by atoms with van der Waals surface area (Å²) >= 11 is 0. The van der Waals surface area contributed by atoms with E-state index in [-0.39, 0.29) is 0 Å². The molecule has 20 heavy (non-hydrogen) atoms. The van der Waals surface area contributed by atoms with Gasteiger partial charge < -0.3 is 0 Å². The van der Waals surface area contributed by atoms with Crippen molar-refractivity contribution in [2.45, 2.75) is 77.6 Å². The van der Waals surface area contributed by atoms with Gasteiger partial charge in [-0.2, -0.15) is 0 Å². The molecule has 0 heterocycles. The van der Waals surface area contributed by atoms with E-state index in [1.807, 2.05) is 6.08 Å². The van der Waals surface area contributed by atoms with Gasteiger partial charge in [-0.15, -0.1) is 6.58 Å².